The highest BCUT2D eigenvalue weighted by Crippen LogP contribution is 2.42. The number of unbranched alkanes of at least 4 members (excludes halogenated alkanes) is 36. The average molecular weight is 655 g/mol. The molecule has 1 atom stereocenters. The lowest BCUT2D eigenvalue weighted by Gasteiger charge is -2.05. The van der Waals surface area contributed by atoms with Crippen molar-refractivity contribution in [1.29, 1.82) is 0 Å². The third-order valence-electron chi connectivity index (χ3n) is 9.78. The Hall–Kier alpha value is -0.110. The van der Waals surface area contributed by atoms with Gasteiger partial charge in [-0.15, -0.1) is 0 Å². The first-order chi connectivity index (χ1) is 22.1. The van der Waals surface area contributed by atoms with E-state index in [0.717, 1.165) is 12.8 Å². The minimum absolute atomic E-state index is 0.869. The van der Waals surface area contributed by atoms with Gasteiger partial charge in [-0.1, -0.05) is 238 Å². The SMILES string of the molecule is CCCCCCCCCCCCCCCCCCCCCCCCCCCCCCCCCCCCCCC=CP(=O)(O)OC. The molecule has 45 heavy (non-hydrogen) atoms. The monoisotopic (exact) mass is 655 g/mol. The molecule has 0 aromatic rings. The van der Waals surface area contributed by atoms with Gasteiger partial charge in [-0.05, 0) is 12.8 Å². The van der Waals surface area contributed by atoms with Crippen LogP contribution in [0.3, 0.4) is 0 Å². The Morgan fingerprint density at radius 2 is 0.600 bits per heavy atom. The molecule has 0 amide bonds. The zero-order valence-corrected chi connectivity index (χ0v) is 31.9. The van der Waals surface area contributed by atoms with Gasteiger partial charge in [-0.3, -0.25) is 4.57 Å². The first kappa shape index (κ1) is 44.9. The predicted octanol–water partition coefficient (Wildman–Crippen LogP) is 15.8. The van der Waals surface area contributed by atoms with Gasteiger partial charge in [0.05, 0.1) is 0 Å². The smallest absolute Gasteiger partial charge is 0.321 e. The second-order valence-electron chi connectivity index (χ2n) is 14.3. The Balaban J connectivity index is 3.09. The van der Waals surface area contributed by atoms with E-state index in [-0.39, 0.29) is 0 Å². The predicted molar refractivity (Wildman–Crippen MR) is 202 cm³/mol. The number of rotatable bonds is 39. The summed E-state index contributed by atoms with van der Waals surface area (Å²) in [4.78, 5) is 9.30. The normalized spacial score (nSPS) is 13.2. The molecule has 4 heteroatoms. The molecule has 0 bridgehead atoms. The lowest BCUT2D eigenvalue weighted by atomic mass is 10.0. The second-order valence-corrected chi connectivity index (χ2v) is 16.1. The molecule has 0 saturated heterocycles. The van der Waals surface area contributed by atoms with E-state index in [4.69, 9.17) is 0 Å². The molecule has 0 aromatic carbocycles. The summed E-state index contributed by atoms with van der Waals surface area (Å²) in [7, 11) is -2.19. The number of hydrogen-bond acceptors (Lipinski definition) is 2. The molecule has 0 rings (SSSR count). The van der Waals surface area contributed by atoms with Crippen LogP contribution >= 0.6 is 7.60 Å². The maximum absolute atomic E-state index is 11.3. The highest BCUT2D eigenvalue weighted by atomic mass is 31.2. The Morgan fingerprint density at radius 3 is 0.800 bits per heavy atom. The molecule has 1 N–H and O–H groups in total. The van der Waals surface area contributed by atoms with E-state index >= 15 is 0 Å². The van der Waals surface area contributed by atoms with Crippen LogP contribution in [0.5, 0.6) is 0 Å². The topological polar surface area (TPSA) is 46.5 Å². The van der Waals surface area contributed by atoms with Crippen LogP contribution in [0.15, 0.2) is 11.9 Å². The van der Waals surface area contributed by atoms with Crippen molar-refractivity contribution in [2.45, 2.75) is 244 Å². The van der Waals surface area contributed by atoms with Crippen molar-refractivity contribution in [3.8, 4) is 0 Å². The van der Waals surface area contributed by atoms with E-state index in [0.29, 0.717) is 0 Å². The average Bonchev–Trinajstić information content (AvgIpc) is 3.04. The Kier molecular flexibility index (Phi) is 38.2. The zero-order valence-electron chi connectivity index (χ0n) is 31.0. The van der Waals surface area contributed by atoms with Gasteiger partial charge in [0, 0.05) is 12.9 Å². The first-order valence-corrected chi connectivity index (χ1v) is 22.3. The molecule has 3 nitrogen and oxygen atoms in total. The maximum Gasteiger partial charge on any atom is 0.351 e. The fourth-order valence-corrected chi connectivity index (χ4v) is 7.15. The van der Waals surface area contributed by atoms with Gasteiger partial charge in [0.25, 0.3) is 0 Å². The third-order valence-corrected chi connectivity index (χ3v) is 10.9. The van der Waals surface area contributed by atoms with Crippen molar-refractivity contribution in [2.24, 2.45) is 0 Å². The molecule has 270 valence electrons. The highest BCUT2D eigenvalue weighted by molar-refractivity contribution is 7.56. The van der Waals surface area contributed by atoms with Crippen molar-refractivity contribution in [3.05, 3.63) is 11.9 Å². The Labute approximate surface area is 284 Å². The molecular formula is C41H83O3P. The number of hydrogen-bond donors (Lipinski definition) is 1. The van der Waals surface area contributed by atoms with Gasteiger partial charge in [-0.2, -0.15) is 0 Å². The van der Waals surface area contributed by atoms with Crippen LogP contribution in [-0.4, -0.2) is 12.0 Å². The summed E-state index contributed by atoms with van der Waals surface area (Å²) in [6.45, 7) is 2.30. The van der Waals surface area contributed by atoms with E-state index < -0.39 is 7.60 Å². The summed E-state index contributed by atoms with van der Waals surface area (Å²) in [5, 5.41) is 0. The Morgan fingerprint density at radius 1 is 0.400 bits per heavy atom. The molecule has 0 aliphatic heterocycles. The lowest BCUT2D eigenvalue weighted by molar-refractivity contribution is 0.326. The lowest BCUT2D eigenvalue weighted by Crippen LogP contribution is -1.85. The molecule has 1 unspecified atom stereocenters. The summed E-state index contributed by atoms with van der Waals surface area (Å²) in [6.07, 6.45) is 54.2. The standard InChI is InChI=1S/C41H83O3P/c1-3-4-5-6-7-8-9-10-11-12-13-14-15-16-17-18-19-20-21-22-23-24-25-26-27-28-29-30-31-32-33-34-35-36-37-38-39-40-41-45(42,43)44-2/h40-41H,3-39H2,1-2H3,(H,42,43). The van der Waals surface area contributed by atoms with Crippen LogP contribution in [0.1, 0.15) is 244 Å². The molecule has 0 aliphatic carbocycles. The van der Waals surface area contributed by atoms with Crippen molar-refractivity contribution < 1.29 is 14.0 Å². The molecule has 0 saturated carbocycles. The van der Waals surface area contributed by atoms with Crippen LogP contribution in [0, 0.1) is 0 Å². The van der Waals surface area contributed by atoms with Gasteiger partial charge in [-0.25, -0.2) is 0 Å². The zero-order chi connectivity index (χ0) is 32.8. The summed E-state index contributed by atoms with van der Waals surface area (Å²) in [5.41, 5.74) is 0. The fraction of sp³-hybridized carbons (Fsp3) is 0.951. The Bertz CT molecular complexity index is 620. The minimum atomic E-state index is -3.46. The van der Waals surface area contributed by atoms with Crippen molar-refractivity contribution in [3.63, 3.8) is 0 Å². The van der Waals surface area contributed by atoms with Crippen LogP contribution in [-0.2, 0) is 9.09 Å². The molecule has 0 aromatic heterocycles. The van der Waals surface area contributed by atoms with E-state index in [1.165, 1.54) is 238 Å². The van der Waals surface area contributed by atoms with Gasteiger partial charge in [0.15, 0.2) is 0 Å². The third kappa shape index (κ3) is 40.0. The molecule has 0 fully saturated rings. The first-order valence-electron chi connectivity index (χ1n) is 20.7. The van der Waals surface area contributed by atoms with Crippen molar-refractivity contribution in [1.82, 2.24) is 0 Å². The summed E-state index contributed by atoms with van der Waals surface area (Å²) in [5.74, 6) is 1.32. The van der Waals surface area contributed by atoms with Crippen molar-refractivity contribution >= 4 is 7.60 Å². The van der Waals surface area contributed by atoms with Gasteiger partial charge < -0.3 is 9.42 Å². The van der Waals surface area contributed by atoms with Crippen molar-refractivity contribution in [2.75, 3.05) is 7.11 Å². The van der Waals surface area contributed by atoms with Crippen LogP contribution < -0.4 is 0 Å². The second kappa shape index (κ2) is 38.3. The summed E-state index contributed by atoms with van der Waals surface area (Å²) >= 11 is 0. The fourth-order valence-electron chi connectivity index (χ4n) is 6.61. The van der Waals surface area contributed by atoms with Gasteiger partial charge >= 0.3 is 7.60 Å². The maximum atomic E-state index is 11.3. The summed E-state index contributed by atoms with van der Waals surface area (Å²) in [6, 6.07) is 0. The molecule has 0 aliphatic rings. The van der Waals surface area contributed by atoms with E-state index in [2.05, 4.69) is 11.4 Å². The van der Waals surface area contributed by atoms with E-state index in [9.17, 15) is 9.46 Å². The molecular weight excluding hydrogens is 571 g/mol. The van der Waals surface area contributed by atoms with E-state index in [1.807, 2.05) is 0 Å². The highest BCUT2D eigenvalue weighted by Gasteiger charge is 2.09. The summed E-state index contributed by atoms with van der Waals surface area (Å²) < 4.78 is 15.9. The molecule has 0 spiro atoms. The molecule has 0 radical (unpaired) electrons. The van der Waals surface area contributed by atoms with E-state index in [1.54, 1.807) is 6.08 Å². The minimum Gasteiger partial charge on any atom is -0.321 e. The molecule has 0 heterocycles. The van der Waals surface area contributed by atoms with Crippen LogP contribution in [0.25, 0.3) is 0 Å². The largest absolute Gasteiger partial charge is 0.351 e. The van der Waals surface area contributed by atoms with Gasteiger partial charge in [0.2, 0.25) is 0 Å². The van der Waals surface area contributed by atoms with Gasteiger partial charge in [0.1, 0.15) is 0 Å². The quantitative estimate of drug-likeness (QED) is 0.0530. The van der Waals surface area contributed by atoms with Crippen LogP contribution in [0.4, 0.5) is 0 Å². The number of allylic oxidation sites excluding steroid dienone is 1. The van der Waals surface area contributed by atoms with Crippen LogP contribution in [0.2, 0.25) is 0 Å².